The third-order valence-electron chi connectivity index (χ3n) is 1.56. The van der Waals surface area contributed by atoms with Gasteiger partial charge < -0.3 is 5.73 Å². The molecule has 0 atom stereocenters. The van der Waals surface area contributed by atoms with Gasteiger partial charge in [0.1, 0.15) is 0 Å². The van der Waals surface area contributed by atoms with Crippen LogP contribution in [0.4, 0.5) is 18.9 Å². The van der Waals surface area contributed by atoms with Gasteiger partial charge in [-0.25, -0.2) is 0 Å². The highest BCUT2D eigenvalue weighted by atomic mass is 127. The summed E-state index contributed by atoms with van der Waals surface area (Å²) >= 11 is 1.66. The summed E-state index contributed by atoms with van der Waals surface area (Å²) in [6, 6.07) is 3.71. The highest BCUT2D eigenvalue weighted by Gasteiger charge is 2.34. The molecule has 0 saturated heterocycles. The van der Waals surface area contributed by atoms with Crippen molar-refractivity contribution in [1.29, 1.82) is 5.26 Å². The van der Waals surface area contributed by atoms with E-state index in [1.807, 2.05) is 0 Å². The third kappa shape index (κ3) is 2.09. The van der Waals surface area contributed by atoms with Gasteiger partial charge in [-0.2, -0.15) is 18.4 Å². The minimum atomic E-state index is -4.52. The summed E-state index contributed by atoms with van der Waals surface area (Å²) < 4.78 is 37.3. The molecule has 0 unspecified atom stereocenters. The summed E-state index contributed by atoms with van der Waals surface area (Å²) in [5, 5.41) is 8.48. The van der Waals surface area contributed by atoms with E-state index in [9.17, 15) is 13.2 Å². The number of halogens is 4. The largest absolute Gasteiger partial charge is 0.418 e. The summed E-state index contributed by atoms with van der Waals surface area (Å²) in [6.07, 6.45) is -4.52. The van der Waals surface area contributed by atoms with Crippen LogP contribution in [-0.2, 0) is 6.18 Å². The van der Waals surface area contributed by atoms with Crippen LogP contribution in [0.5, 0.6) is 0 Å². The number of rotatable bonds is 0. The number of benzene rings is 1. The Balaban J connectivity index is 3.44. The molecule has 0 aliphatic carbocycles. The Morgan fingerprint density at radius 1 is 1.36 bits per heavy atom. The number of nitrogens with zero attached hydrogens (tertiary/aromatic N) is 1. The third-order valence-corrected chi connectivity index (χ3v) is 2.46. The normalized spacial score (nSPS) is 11.1. The van der Waals surface area contributed by atoms with Crippen molar-refractivity contribution >= 4 is 28.3 Å². The lowest BCUT2D eigenvalue weighted by Gasteiger charge is -2.11. The van der Waals surface area contributed by atoms with E-state index in [0.717, 1.165) is 6.07 Å². The molecule has 0 saturated carbocycles. The van der Waals surface area contributed by atoms with Gasteiger partial charge >= 0.3 is 6.18 Å². The topological polar surface area (TPSA) is 49.8 Å². The van der Waals surface area contributed by atoms with Crippen LogP contribution in [0.2, 0.25) is 0 Å². The number of hydrogen-bond acceptors (Lipinski definition) is 2. The Kier molecular flexibility index (Phi) is 2.89. The summed E-state index contributed by atoms with van der Waals surface area (Å²) in [5.41, 5.74) is 3.92. The average Bonchev–Trinajstić information content (AvgIpc) is 2.07. The molecule has 0 fully saturated rings. The summed E-state index contributed by atoms with van der Waals surface area (Å²) in [7, 11) is 0. The maximum atomic E-state index is 12.4. The van der Waals surface area contributed by atoms with Gasteiger partial charge in [0.05, 0.1) is 22.9 Å². The van der Waals surface area contributed by atoms with Crippen molar-refractivity contribution < 1.29 is 13.2 Å². The summed E-state index contributed by atoms with van der Waals surface area (Å²) in [5.74, 6) is 0. The zero-order chi connectivity index (χ0) is 10.9. The lowest BCUT2D eigenvalue weighted by atomic mass is 10.1. The second-order valence-corrected chi connectivity index (χ2v) is 3.69. The first-order chi connectivity index (χ1) is 6.36. The highest BCUT2D eigenvalue weighted by molar-refractivity contribution is 14.1. The average molecular weight is 312 g/mol. The van der Waals surface area contributed by atoms with E-state index < -0.39 is 11.7 Å². The van der Waals surface area contributed by atoms with Crippen LogP contribution in [0.15, 0.2) is 12.1 Å². The van der Waals surface area contributed by atoms with Gasteiger partial charge in [0.2, 0.25) is 0 Å². The molecule has 2 nitrogen and oxygen atoms in total. The predicted octanol–water partition coefficient (Wildman–Crippen LogP) is 2.76. The van der Waals surface area contributed by atoms with Gasteiger partial charge in [-0.05, 0) is 34.7 Å². The first-order valence-electron chi connectivity index (χ1n) is 3.42. The molecule has 0 spiro atoms. The van der Waals surface area contributed by atoms with Crippen molar-refractivity contribution in [3.63, 3.8) is 0 Å². The Hall–Kier alpha value is -0.970. The first-order valence-corrected chi connectivity index (χ1v) is 4.50. The number of hydrogen-bond donors (Lipinski definition) is 1. The lowest BCUT2D eigenvalue weighted by molar-refractivity contribution is -0.136. The molecule has 0 heterocycles. The Morgan fingerprint density at radius 3 is 2.36 bits per heavy atom. The van der Waals surface area contributed by atoms with Gasteiger partial charge in [0.25, 0.3) is 0 Å². The Bertz CT molecular complexity index is 406. The van der Waals surface area contributed by atoms with Crippen LogP contribution >= 0.6 is 22.6 Å². The van der Waals surface area contributed by atoms with Crippen LogP contribution in [0, 0.1) is 14.9 Å². The van der Waals surface area contributed by atoms with Crippen molar-refractivity contribution in [1.82, 2.24) is 0 Å². The molecule has 0 radical (unpaired) electrons. The molecular formula is C8H4F3IN2. The van der Waals surface area contributed by atoms with Crippen LogP contribution in [-0.4, -0.2) is 0 Å². The molecule has 1 aromatic carbocycles. The quantitative estimate of drug-likeness (QED) is 0.591. The number of nitrogens with two attached hydrogens (primary N) is 1. The molecule has 0 aliphatic rings. The van der Waals surface area contributed by atoms with Crippen LogP contribution in [0.3, 0.4) is 0 Å². The number of nitriles is 1. The SMILES string of the molecule is N#Cc1cc(I)c(N)c(C(F)(F)F)c1. The molecular weight excluding hydrogens is 308 g/mol. The zero-order valence-electron chi connectivity index (χ0n) is 6.69. The van der Waals surface area contributed by atoms with Crippen molar-refractivity contribution in [3.05, 3.63) is 26.8 Å². The number of nitrogen functional groups attached to an aromatic ring is 1. The molecule has 0 amide bonds. The maximum Gasteiger partial charge on any atom is 0.418 e. The second kappa shape index (κ2) is 3.65. The fourth-order valence-electron chi connectivity index (χ4n) is 0.917. The maximum absolute atomic E-state index is 12.4. The van der Waals surface area contributed by atoms with Crippen molar-refractivity contribution in [2.45, 2.75) is 6.18 Å². The molecule has 14 heavy (non-hydrogen) atoms. The minimum Gasteiger partial charge on any atom is -0.397 e. The van der Waals surface area contributed by atoms with Gasteiger partial charge in [-0.1, -0.05) is 0 Å². The molecule has 6 heteroatoms. The fourth-order valence-corrected chi connectivity index (χ4v) is 1.54. The van der Waals surface area contributed by atoms with Gasteiger partial charge in [-0.3, -0.25) is 0 Å². The number of alkyl halides is 3. The molecule has 74 valence electrons. The molecule has 0 bridgehead atoms. The predicted molar refractivity (Wildman–Crippen MR) is 53.3 cm³/mol. The van der Waals surface area contributed by atoms with Crippen molar-refractivity contribution in [3.8, 4) is 6.07 Å². The van der Waals surface area contributed by atoms with Crippen LogP contribution in [0.25, 0.3) is 0 Å². The molecule has 2 N–H and O–H groups in total. The monoisotopic (exact) mass is 312 g/mol. The molecule has 0 aliphatic heterocycles. The van der Waals surface area contributed by atoms with Gasteiger partial charge in [0, 0.05) is 3.57 Å². The summed E-state index contributed by atoms with van der Waals surface area (Å²) in [6.45, 7) is 0. The lowest BCUT2D eigenvalue weighted by Crippen LogP contribution is -2.10. The molecule has 1 rings (SSSR count). The van der Waals surface area contributed by atoms with Crippen molar-refractivity contribution in [2.24, 2.45) is 0 Å². The zero-order valence-corrected chi connectivity index (χ0v) is 8.85. The Labute approximate surface area is 91.7 Å². The smallest absolute Gasteiger partial charge is 0.397 e. The molecule has 0 aromatic heterocycles. The highest BCUT2D eigenvalue weighted by Crippen LogP contribution is 2.36. The van der Waals surface area contributed by atoms with E-state index in [0.29, 0.717) is 0 Å². The van der Waals surface area contributed by atoms with E-state index in [1.54, 1.807) is 28.7 Å². The van der Waals surface area contributed by atoms with E-state index >= 15 is 0 Å². The standard InChI is InChI=1S/C8H4F3IN2/c9-8(10,11)5-1-4(3-13)2-6(12)7(5)14/h1-2H,14H2. The van der Waals surface area contributed by atoms with Gasteiger partial charge in [0.15, 0.2) is 0 Å². The first kappa shape index (κ1) is 11.1. The van der Waals surface area contributed by atoms with Gasteiger partial charge in [-0.15, -0.1) is 0 Å². The number of anilines is 1. The van der Waals surface area contributed by atoms with E-state index in [4.69, 9.17) is 11.0 Å². The molecule has 1 aromatic rings. The minimum absolute atomic E-state index is 0.0454. The van der Waals surface area contributed by atoms with Crippen molar-refractivity contribution in [2.75, 3.05) is 5.73 Å². The van der Waals surface area contributed by atoms with E-state index in [2.05, 4.69) is 0 Å². The fraction of sp³-hybridized carbons (Fsp3) is 0.125. The van der Waals surface area contributed by atoms with Crippen LogP contribution in [0.1, 0.15) is 11.1 Å². The summed E-state index contributed by atoms with van der Waals surface area (Å²) in [4.78, 5) is 0. The van der Waals surface area contributed by atoms with E-state index in [-0.39, 0.29) is 14.8 Å². The van der Waals surface area contributed by atoms with Crippen LogP contribution < -0.4 is 5.73 Å². The Morgan fingerprint density at radius 2 is 1.93 bits per heavy atom. The second-order valence-electron chi connectivity index (χ2n) is 2.53. The van der Waals surface area contributed by atoms with E-state index in [1.165, 1.54) is 6.07 Å².